The Labute approximate surface area is 157 Å². The van der Waals surface area contributed by atoms with Crippen LogP contribution >= 0.6 is 0 Å². The number of ether oxygens (including phenoxy) is 3. The lowest BCUT2D eigenvalue weighted by molar-refractivity contribution is -0.156. The zero-order valence-electron chi connectivity index (χ0n) is 16.0. The van der Waals surface area contributed by atoms with Gasteiger partial charge in [0.2, 0.25) is 0 Å². The lowest BCUT2D eigenvalue weighted by Gasteiger charge is -2.21. The van der Waals surface area contributed by atoms with Crippen LogP contribution in [0.4, 0.5) is 4.79 Å². The summed E-state index contributed by atoms with van der Waals surface area (Å²) in [7, 11) is 1.39. The van der Waals surface area contributed by atoms with E-state index in [0.717, 1.165) is 0 Å². The summed E-state index contributed by atoms with van der Waals surface area (Å²) in [5, 5.41) is 4.64. The summed E-state index contributed by atoms with van der Waals surface area (Å²) in [6, 6.07) is 3.74. The second-order valence-corrected chi connectivity index (χ2v) is 6.64. The van der Waals surface area contributed by atoms with E-state index in [9.17, 15) is 19.2 Å². The molecular formula is C18H24N2O7. The maximum absolute atomic E-state index is 11.9. The van der Waals surface area contributed by atoms with Crippen LogP contribution in [0.25, 0.3) is 0 Å². The number of imide groups is 1. The highest BCUT2D eigenvalue weighted by molar-refractivity contribution is 5.97. The highest BCUT2D eigenvalue weighted by Gasteiger charge is 2.22. The van der Waals surface area contributed by atoms with Crippen LogP contribution in [0.3, 0.4) is 0 Å². The highest BCUT2D eigenvalue weighted by atomic mass is 16.6. The Kier molecular flexibility index (Phi) is 7.77. The molecule has 0 spiro atoms. The predicted molar refractivity (Wildman–Crippen MR) is 95.9 cm³/mol. The summed E-state index contributed by atoms with van der Waals surface area (Å²) in [5.41, 5.74) is -0.128. The van der Waals surface area contributed by atoms with Crippen molar-refractivity contribution in [3.63, 3.8) is 0 Å². The van der Waals surface area contributed by atoms with E-state index >= 15 is 0 Å². The van der Waals surface area contributed by atoms with E-state index < -0.39 is 36.2 Å². The van der Waals surface area contributed by atoms with Crippen molar-refractivity contribution in [2.45, 2.75) is 39.3 Å². The standard InChI is InChI=1S/C18H24N2O7/c1-11(16(23)19-17(24)20-18(2,3)4)27-15(22)10-26-13-7-6-12(9-21)8-14(13)25-5/h6-9,11H,10H2,1-5H3,(H2,19,20,23,24)/t11-/m0/s1. The summed E-state index contributed by atoms with van der Waals surface area (Å²) in [6.07, 6.45) is -0.539. The van der Waals surface area contributed by atoms with Crippen molar-refractivity contribution in [1.82, 2.24) is 10.6 Å². The SMILES string of the molecule is COc1cc(C=O)ccc1OCC(=O)O[C@@H](C)C(=O)NC(=O)NC(C)(C)C. The number of esters is 1. The van der Waals surface area contributed by atoms with E-state index in [4.69, 9.17) is 14.2 Å². The molecule has 0 bridgehead atoms. The van der Waals surface area contributed by atoms with Crippen molar-refractivity contribution in [3.05, 3.63) is 23.8 Å². The second kappa shape index (κ2) is 9.56. The summed E-state index contributed by atoms with van der Waals surface area (Å²) in [6.45, 7) is 6.12. The monoisotopic (exact) mass is 380 g/mol. The first-order valence-corrected chi connectivity index (χ1v) is 8.14. The predicted octanol–water partition coefficient (Wildman–Crippen LogP) is 1.44. The Morgan fingerprint density at radius 1 is 1.19 bits per heavy atom. The first-order chi connectivity index (χ1) is 12.6. The number of benzene rings is 1. The average molecular weight is 380 g/mol. The summed E-state index contributed by atoms with van der Waals surface area (Å²) >= 11 is 0. The number of urea groups is 1. The normalized spacial score (nSPS) is 11.7. The van der Waals surface area contributed by atoms with Crippen LogP contribution in [0, 0.1) is 0 Å². The van der Waals surface area contributed by atoms with Gasteiger partial charge in [-0.1, -0.05) is 0 Å². The summed E-state index contributed by atoms with van der Waals surface area (Å²) < 4.78 is 15.3. The number of hydrogen-bond donors (Lipinski definition) is 2. The van der Waals surface area contributed by atoms with Gasteiger partial charge in [0, 0.05) is 11.1 Å². The summed E-state index contributed by atoms with van der Waals surface area (Å²) in [5.74, 6) is -1.06. The molecule has 0 saturated heterocycles. The molecule has 1 aromatic rings. The molecule has 0 unspecified atom stereocenters. The number of hydrogen-bond acceptors (Lipinski definition) is 7. The Balaban J connectivity index is 2.53. The minimum absolute atomic E-state index is 0.238. The van der Waals surface area contributed by atoms with Crippen molar-refractivity contribution >= 4 is 24.2 Å². The van der Waals surface area contributed by atoms with E-state index in [1.54, 1.807) is 20.8 Å². The molecule has 0 aliphatic rings. The fraction of sp³-hybridized carbons (Fsp3) is 0.444. The van der Waals surface area contributed by atoms with Gasteiger partial charge < -0.3 is 19.5 Å². The van der Waals surface area contributed by atoms with Crippen LogP contribution in [0.5, 0.6) is 11.5 Å². The molecule has 9 heteroatoms. The van der Waals surface area contributed by atoms with Gasteiger partial charge in [-0.2, -0.15) is 0 Å². The van der Waals surface area contributed by atoms with Gasteiger partial charge in [0.1, 0.15) is 6.29 Å². The van der Waals surface area contributed by atoms with E-state index in [2.05, 4.69) is 10.6 Å². The number of methoxy groups -OCH3 is 1. The molecule has 0 aliphatic heterocycles. The third-order valence-electron chi connectivity index (χ3n) is 3.07. The number of carbonyl (C=O) groups is 4. The van der Waals surface area contributed by atoms with Crippen molar-refractivity contribution in [2.75, 3.05) is 13.7 Å². The first-order valence-electron chi connectivity index (χ1n) is 8.14. The van der Waals surface area contributed by atoms with E-state index in [0.29, 0.717) is 11.8 Å². The molecule has 0 fully saturated rings. The third-order valence-corrected chi connectivity index (χ3v) is 3.07. The smallest absolute Gasteiger partial charge is 0.344 e. The Morgan fingerprint density at radius 3 is 2.41 bits per heavy atom. The first kappa shape index (κ1) is 21.9. The van der Waals surface area contributed by atoms with Crippen LogP contribution in [0.1, 0.15) is 38.1 Å². The molecule has 0 saturated carbocycles. The largest absolute Gasteiger partial charge is 0.493 e. The van der Waals surface area contributed by atoms with Crippen LogP contribution in [-0.2, 0) is 14.3 Å². The lowest BCUT2D eigenvalue weighted by atomic mass is 10.1. The van der Waals surface area contributed by atoms with Gasteiger partial charge in [-0.05, 0) is 45.9 Å². The van der Waals surface area contributed by atoms with Crippen LogP contribution in [0.2, 0.25) is 0 Å². The van der Waals surface area contributed by atoms with Crippen molar-refractivity contribution in [2.24, 2.45) is 0 Å². The fourth-order valence-corrected chi connectivity index (χ4v) is 1.88. The van der Waals surface area contributed by atoms with Crippen molar-refractivity contribution in [3.8, 4) is 11.5 Å². The zero-order valence-corrected chi connectivity index (χ0v) is 16.0. The van der Waals surface area contributed by atoms with E-state index in [1.165, 1.54) is 32.2 Å². The topological polar surface area (TPSA) is 120 Å². The molecule has 148 valence electrons. The maximum Gasteiger partial charge on any atom is 0.344 e. The van der Waals surface area contributed by atoms with Gasteiger partial charge in [-0.3, -0.25) is 14.9 Å². The molecule has 0 aromatic heterocycles. The Bertz CT molecular complexity index is 710. The van der Waals surface area contributed by atoms with Gasteiger partial charge >= 0.3 is 12.0 Å². The van der Waals surface area contributed by atoms with Crippen molar-refractivity contribution in [1.29, 1.82) is 0 Å². The average Bonchev–Trinajstić information content (AvgIpc) is 2.57. The summed E-state index contributed by atoms with van der Waals surface area (Å²) in [4.78, 5) is 46.1. The van der Waals surface area contributed by atoms with Crippen LogP contribution in [-0.4, -0.2) is 49.6 Å². The van der Waals surface area contributed by atoms with Gasteiger partial charge in [0.25, 0.3) is 5.91 Å². The molecule has 1 atom stereocenters. The number of nitrogens with one attached hydrogen (secondary N) is 2. The van der Waals surface area contributed by atoms with Gasteiger partial charge in [0.05, 0.1) is 7.11 Å². The minimum Gasteiger partial charge on any atom is -0.493 e. The van der Waals surface area contributed by atoms with Crippen molar-refractivity contribution < 1.29 is 33.4 Å². The van der Waals surface area contributed by atoms with E-state index in [1.807, 2.05) is 0 Å². The van der Waals surface area contributed by atoms with Gasteiger partial charge in [-0.25, -0.2) is 9.59 Å². The maximum atomic E-state index is 11.9. The Hall–Kier alpha value is -3.10. The zero-order chi connectivity index (χ0) is 20.6. The fourth-order valence-electron chi connectivity index (χ4n) is 1.88. The Morgan fingerprint density at radius 2 is 1.85 bits per heavy atom. The number of aldehydes is 1. The molecular weight excluding hydrogens is 356 g/mol. The lowest BCUT2D eigenvalue weighted by Crippen LogP contribution is -2.50. The number of rotatable bonds is 7. The molecule has 2 N–H and O–H groups in total. The molecule has 27 heavy (non-hydrogen) atoms. The quantitative estimate of drug-likeness (QED) is 0.542. The van der Waals surface area contributed by atoms with E-state index in [-0.39, 0.29) is 11.5 Å². The minimum atomic E-state index is -1.19. The molecule has 0 aliphatic carbocycles. The van der Waals surface area contributed by atoms with Crippen LogP contribution in [0.15, 0.2) is 18.2 Å². The molecule has 0 radical (unpaired) electrons. The molecule has 1 aromatic carbocycles. The van der Waals surface area contributed by atoms with Gasteiger partial charge in [-0.15, -0.1) is 0 Å². The third kappa shape index (κ3) is 7.76. The van der Waals surface area contributed by atoms with Gasteiger partial charge in [0.15, 0.2) is 24.2 Å². The second-order valence-electron chi connectivity index (χ2n) is 6.64. The molecule has 0 heterocycles. The highest BCUT2D eigenvalue weighted by Crippen LogP contribution is 2.27. The van der Waals surface area contributed by atoms with Crippen LogP contribution < -0.4 is 20.1 Å². The number of amides is 3. The molecule has 3 amide bonds. The number of carbonyl (C=O) groups excluding carboxylic acids is 4. The molecule has 9 nitrogen and oxygen atoms in total. The molecule has 1 rings (SSSR count).